The molecule has 0 aliphatic heterocycles. The van der Waals surface area contributed by atoms with E-state index in [9.17, 15) is 14.7 Å². The zero-order chi connectivity index (χ0) is 18.5. The van der Waals surface area contributed by atoms with Gasteiger partial charge in [-0.15, -0.1) is 0 Å². The molecule has 0 aliphatic rings. The van der Waals surface area contributed by atoms with Gasteiger partial charge in [0.15, 0.2) is 0 Å². The van der Waals surface area contributed by atoms with Crippen LogP contribution in [0.5, 0.6) is 5.75 Å². The van der Waals surface area contributed by atoms with E-state index in [1.54, 1.807) is 35.4 Å². The van der Waals surface area contributed by atoms with Crippen LogP contribution in [-0.4, -0.2) is 38.9 Å². The highest BCUT2D eigenvalue weighted by Gasteiger charge is 2.24. The van der Waals surface area contributed by atoms with Crippen molar-refractivity contribution in [1.82, 2.24) is 15.1 Å². The Hall–Kier alpha value is -3.15. The number of nitrogens with one attached hydrogen (secondary N) is 1. The van der Waals surface area contributed by atoms with Gasteiger partial charge in [-0.25, -0.2) is 0 Å². The third-order valence-corrected chi connectivity index (χ3v) is 4.49. The number of rotatable bonds is 7. The number of carbonyl (C=O) groups is 2. The number of nitrogens with zero attached hydrogens (tertiary/aromatic N) is 2. The summed E-state index contributed by atoms with van der Waals surface area (Å²) in [5.74, 6) is -0.793. The van der Waals surface area contributed by atoms with Crippen LogP contribution >= 0.6 is 0 Å². The monoisotopic (exact) mass is 351 g/mol. The summed E-state index contributed by atoms with van der Waals surface area (Å²) in [7, 11) is 0. The second-order valence-electron chi connectivity index (χ2n) is 6.22. The second-order valence-corrected chi connectivity index (χ2v) is 6.22. The van der Waals surface area contributed by atoms with Gasteiger partial charge in [0, 0.05) is 18.5 Å². The lowest BCUT2D eigenvalue weighted by Crippen LogP contribution is -2.37. The lowest BCUT2D eigenvalue weighted by molar-refractivity contribution is -0.138. The van der Waals surface area contributed by atoms with Crippen LogP contribution in [0.25, 0.3) is 10.9 Å². The van der Waals surface area contributed by atoms with E-state index in [1.165, 1.54) is 0 Å². The molecule has 6 nitrogen and oxygen atoms in total. The van der Waals surface area contributed by atoms with Crippen LogP contribution in [0, 0.1) is 5.92 Å². The fraction of sp³-hybridized carbons (Fsp3) is 0.250. The molecule has 0 saturated carbocycles. The molecule has 6 heteroatoms. The molecular formula is C20H21N3O3. The molecule has 1 heterocycles. The Balaban J connectivity index is 1.77. The van der Waals surface area contributed by atoms with Gasteiger partial charge in [-0.3, -0.25) is 9.89 Å². The van der Waals surface area contributed by atoms with Gasteiger partial charge in [0.05, 0.1) is 17.6 Å². The van der Waals surface area contributed by atoms with Crippen LogP contribution in [0.15, 0.2) is 48.7 Å². The van der Waals surface area contributed by atoms with Crippen molar-refractivity contribution < 1.29 is 14.7 Å². The molecule has 1 unspecified atom stereocenters. The minimum absolute atomic E-state index is 0.158. The average Bonchev–Trinajstić information content (AvgIpc) is 3.14. The van der Waals surface area contributed by atoms with Crippen molar-refractivity contribution in [3.63, 3.8) is 0 Å². The van der Waals surface area contributed by atoms with Gasteiger partial charge in [-0.05, 0) is 36.6 Å². The van der Waals surface area contributed by atoms with Crippen LogP contribution in [-0.2, 0) is 22.6 Å². The number of aromatic hydroxyl groups is 1. The number of aromatic amines is 1. The summed E-state index contributed by atoms with van der Waals surface area (Å²) in [5, 5.41) is 17.4. The maximum atomic E-state index is 12.9. The van der Waals surface area contributed by atoms with Gasteiger partial charge >= 0.3 is 0 Å². The van der Waals surface area contributed by atoms with Crippen LogP contribution < -0.4 is 0 Å². The van der Waals surface area contributed by atoms with Crippen molar-refractivity contribution in [2.45, 2.75) is 19.9 Å². The molecule has 2 aromatic carbocycles. The van der Waals surface area contributed by atoms with E-state index in [-0.39, 0.29) is 11.7 Å². The average molecular weight is 351 g/mol. The van der Waals surface area contributed by atoms with Crippen molar-refractivity contribution in [1.29, 1.82) is 0 Å². The number of carbonyl (C=O) groups excluding carboxylic acids is 2. The van der Waals surface area contributed by atoms with Gasteiger partial charge in [-0.2, -0.15) is 5.10 Å². The molecule has 0 radical (unpaired) electrons. The molecule has 0 spiro atoms. The first kappa shape index (κ1) is 17.7. The van der Waals surface area contributed by atoms with Gasteiger partial charge < -0.3 is 14.8 Å². The van der Waals surface area contributed by atoms with Gasteiger partial charge in [0.2, 0.25) is 5.91 Å². The molecule has 26 heavy (non-hydrogen) atoms. The van der Waals surface area contributed by atoms with Crippen molar-refractivity contribution in [3.05, 3.63) is 59.8 Å². The molecule has 3 rings (SSSR count). The number of hydrogen-bond donors (Lipinski definition) is 2. The largest absolute Gasteiger partial charge is 0.508 e. The number of hydrogen-bond acceptors (Lipinski definition) is 4. The molecule has 1 atom stereocenters. The number of fused-ring (bicyclic) bond motifs is 1. The molecule has 0 bridgehead atoms. The summed E-state index contributed by atoms with van der Waals surface area (Å²) in [5.41, 5.74) is 2.70. The summed E-state index contributed by atoms with van der Waals surface area (Å²) >= 11 is 0. The van der Waals surface area contributed by atoms with E-state index in [4.69, 9.17) is 0 Å². The van der Waals surface area contributed by atoms with E-state index >= 15 is 0 Å². The molecule has 1 aromatic heterocycles. The normalized spacial score (nSPS) is 12.0. The van der Waals surface area contributed by atoms with E-state index in [1.807, 2.05) is 25.1 Å². The standard InChI is InChI=1S/C20H21N3O3/c1-2-23(12-16-5-3-4-15-11-21-22-19(15)16)20(26)17(13-24)10-14-6-8-18(25)9-7-14/h3-9,11,13,17,25H,2,10,12H2,1H3,(H,21,22). The van der Waals surface area contributed by atoms with Gasteiger partial charge in [-0.1, -0.05) is 30.3 Å². The Kier molecular flexibility index (Phi) is 5.31. The van der Waals surface area contributed by atoms with Crippen molar-refractivity contribution in [2.24, 2.45) is 5.92 Å². The van der Waals surface area contributed by atoms with E-state index < -0.39 is 5.92 Å². The maximum Gasteiger partial charge on any atom is 0.233 e. The molecule has 134 valence electrons. The van der Waals surface area contributed by atoms with Gasteiger partial charge in [0.25, 0.3) is 0 Å². The molecular weight excluding hydrogens is 330 g/mol. The third kappa shape index (κ3) is 3.74. The Morgan fingerprint density at radius 3 is 2.73 bits per heavy atom. The predicted molar refractivity (Wildman–Crippen MR) is 98.5 cm³/mol. The third-order valence-electron chi connectivity index (χ3n) is 4.49. The topological polar surface area (TPSA) is 86.3 Å². The number of para-hydroxylation sites is 1. The Morgan fingerprint density at radius 1 is 1.27 bits per heavy atom. The van der Waals surface area contributed by atoms with E-state index in [0.29, 0.717) is 25.8 Å². The summed E-state index contributed by atoms with van der Waals surface area (Å²) in [6, 6.07) is 12.4. The van der Waals surface area contributed by atoms with Crippen molar-refractivity contribution in [2.75, 3.05) is 6.54 Å². The molecule has 1 amide bonds. The zero-order valence-electron chi connectivity index (χ0n) is 14.6. The fourth-order valence-electron chi connectivity index (χ4n) is 3.03. The second kappa shape index (κ2) is 7.82. The maximum absolute atomic E-state index is 12.9. The smallest absolute Gasteiger partial charge is 0.233 e. The highest BCUT2D eigenvalue weighted by molar-refractivity contribution is 5.92. The Labute approximate surface area is 151 Å². The fourth-order valence-corrected chi connectivity index (χ4v) is 3.03. The molecule has 3 aromatic rings. The first-order valence-electron chi connectivity index (χ1n) is 8.55. The first-order valence-corrected chi connectivity index (χ1v) is 8.55. The number of amides is 1. The first-order chi connectivity index (χ1) is 12.6. The van der Waals surface area contributed by atoms with Crippen LogP contribution in [0.4, 0.5) is 0 Å². The Morgan fingerprint density at radius 2 is 2.04 bits per heavy atom. The zero-order valence-corrected chi connectivity index (χ0v) is 14.6. The summed E-state index contributed by atoms with van der Waals surface area (Å²) in [6.07, 6.45) is 2.76. The number of phenolic OH excluding ortho intramolecular Hbond substituents is 1. The molecule has 2 N–H and O–H groups in total. The van der Waals surface area contributed by atoms with E-state index in [2.05, 4.69) is 10.2 Å². The number of benzene rings is 2. The molecule has 0 saturated heterocycles. The summed E-state index contributed by atoms with van der Waals surface area (Å²) in [4.78, 5) is 26.1. The summed E-state index contributed by atoms with van der Waals surface area (Å²) < 4.78 is 0. The van der Waals surface area contributed by atoms with Crippen LogP contribution in [0.2, 0.25) is 0 Å². The van der Waals surface area contributed by atoms with Crippen LogP contribution in [0.3, 0.4) is 0 Å². The van der Waals surface area contributed by atoms with Crippen LogP contribution in [0.1, 0.15) is 18.1 Å². The lowest BCUT2D eigenvalue weighted by Gasteiger charge is -2.24. The highest BCUT2D eigenvalue weighted by Crippen LogP contribution is 2.19. The Bertz CT molecular complexity index is 902. The number of phenols is 1. The van der Waals surface area contributed by atoms with Crippen molar-refractivity contribution in [3.8, 4) is 5.75 Å². The van der Waals surface area contributed by atoms with Gasteiger partial charge in [0.1, 0.15) is 12.0 Å². The minimum Gasteiger partial charge on any atom is -0.508 e. The number of aldehydes is 1. The SMILES string of the molecule is CCN(Cc1cccc2cn[nH]c12)C(=O)C(C=O)Cc1ccc(O)cc1. The lowest BCUT2D eigenvalue weighted by atomic mass is 9.98. The highest BCUT2D eigenvalue weighted by atomic mass is 16.3. The minimum atomic E-state index is -0.750. The summed E-state index contributed by atoms with van der Waals surface area (Å²) in [6.45, 7) is 2.81. The quantitative estimate of drug-likeness (QED) is 0.506. The number of H-pyrrole nitrogens is 1. The van der Waals surface area contributed by atoms with E-state index in [0.717, 1.165) is 22.0 Å². The molecule has 0 fully saturated rings. The van der Waals surface area contributed by atoms with Crippen molar-refractivity contribution >= 4 is 23.1 Å². The predicted octanol–water partition coefficient (Wildman–Crippen LogP) is 2.67. The number of aromatic nitrogens is 2. The molecule has 0 aliphatic carbocycles.